The van der Waals surface area contributed by atoms with E-state index in [1.54, 1.807) is 0 Å². The molecule has 0 aromatic carbocycles. The molecular formula is C11H22INOS. The second kappa shape index (κ2) is 11.1. The fraction of sp³-hybridized carbons (Fsp3) is 0.818. The van der Waals surface area contributed by atoms with Crippen LogP contribution in [0.15, 0.2) is 11.6 Å². The van der Waals surface area contributed by atoms with E-state index in [-0.39, 0.29) is 24.0 Å². The van der Waals surface area contributed by atoms with Gasteiger partial charge in [0.25, 0.3) is 0 Å². The molecular weight excluding hydrogens is 321 g/mol. The Balaban J connectivity index is 0.00000196. The molecule has 0 saturated carbocycles. The van der Waals surface area contributed by atoms with Crippen molar-refractivity contribution in [2.24, 2.45) is 0 Å². The zero-order valence-corrected chi connectivity index (χ0v) is 12.6. The third-order valence-corrected chi connectivity index (χ3v) is 3.03. The van der Waals surface area contributed by atoms with Gasteiger partial charge in [-0.3, -0.25) is 0 Å². The highest BCUT2D eigenvalue weighted by Crippen LogP contribution is 2.15. The summed E-state index contributed by atoms with van der Waals surface area (Å²) in [4.78, 5) is 2.36. The lowest BCUT2D eigenvalue weighted by atomic mass is 10.3. The Kier molecular flexibility index (Phi) is 11.5. The summed E-state index contributed by atoms with van der Waals surface area (Å²) in [5.74, 6) is 1.14. The standard InChI is InChI=1S/C11H21NOS.HI/c1-2-3-8-13-9-5-4-6-12-7-10-14-11-12;/h7,10H,2-6,8-9,11H2,1H3;1H. The summed E-state index contributed by atoms with van der Waals surface area (Å²) in [5, 5.41) is 2.16. The Bertz CT molecular complexity index is 167. The molecule has 0 aliphatic carbocycles. The minimum atomic E-state index is 0. The zero-order valence-electron chi connectivity index (χ0n) is 9.48. The molecule has 0 saturated heterocycles. The van der Waals surface area contributed by atoms with E-state index in [1.807, 2.05) is 11.8 Å². The van der Waals surface area contributed by atoms with E-state index in [1.165, 1.54) is 32.2 Å². The van der Waals surface area contributed by atoms with Crippen LogP contribution in [0.4, 0.5) is 0 Å². The topological polar surface area (TPSA) is 12.5 Å². The molecule has 0 aromatic rings. The summed E-state index contributed by atoms with van der Waals surface area (Å²) in [5.41, 5.74) is 0. The van der Waals surface area contributed by atoms with Crippen LogP contribution in [-0.2, 0) is 4.74 Å². The van der Waals surface area contributed by atoms with Crippen LogP contribution in [0.25, 0.3) is 0 Å². The highest BCUT2D eigenvalue weighted by atomic mass is 127. The number of nitrogens with zero attached hydrogens (tertiary/aromatic N) is 1. The number of rotatable bonds is 8. The van der Waals surface area contributed by atoms with Crippen molar-refractivity contribution in [3.8, 4) is 0 Å². The molecule has 0 radical (unpaired) electrons. The van der Waals surface area contributed by atoms with E-state index in [4.69, 9.17) is 4.74 Å². The summed E-state index contributed by atoms with van der Waals surface area (Å²) in [6.45, 7) is 5.25. The van der Waals surface area contributed by atoms with Crippen LogP contribution in [0.5, 0.6) is 0 Å². The van der Waals surface area contributed by atoms with Gasteiger partial charge in [0.05, 0.1) is 5.88 Å². The second-order valence-corrected chi connectivity index (χ2v) is 4.43. The predicted molar refractivity (Wildman–Crippen MR) is 78.7 cm³/mol. The number of thioether (sulfide) groups is 1. The van der Waals surface area contributed by atoms with Gasteiger partial charge in [0.1, 0.15) is 0 Å². The lowest BCUT2D eigenvalue weighted by Crippen LogP contribution is -2.15. The third-order valence-electron chi connectivity index (χ3n) is 2.23. The van der Waals surface area contributed by atoms with Crippen molar-refractivity contribution in [1.82, 2.24) is 4.90 Å². The molecule has 4 heteroatoms. The Morgan fingerprint density at radius 2 is 2.07 bits per heavy atom. The number of ether oxygens (including phenoxy) is 1. The van der Waals surface area contributed by atoms with Gasteiger partial charge in [-0.1, -0.05) is 13.3 Å². The molecule has 90 valence electrons. The van der Waals surface area contributed by atoms with Crippen molar-refractivity contribution in [2.75, 3.05) is 25.6 Å². The molecule has 1 aliphatic heterocycles. The third kappa shape index (κ3) is 8.39. The van der Waals surface area contributed by atoms with E-state index in [9.17, 15) is 0 Å². The predicted octanol–water partition coefficient (Wildman–Crippen LogP) is 3.68. The molecule has 2 nitrogen and oxygen atoms in total. The highest BCUT2D eigenvalue weighted by Gasteiger charge is 2.02. The van der Waals surface area contributed by atoms with Gasteiger partial charge in [-0.15, -0.1) is 35.7 Å². The van der Waals surface area contributed by atoms with Gasteiger partial charge in [-0.2, -0.15) is 0 Å². The smallest absolute Gasteiger partial charge is 0.0675 e. The monoisotopic (exact) mass is 343 g/mol. The van der Waals surface area contributed by atoms with E-state index >= 15 is 0 Å². The zero-order chi connectivity index (χ0) is 10.1. The molecule has 0 fully saturated rings. The van der Waals surface area contributed by atoms with Crippen LogP contribution in [-0.4, -0.2) is 30.5 Å². The first-order valence-corrected chi connectivity index (χ1v) is 6.58. The first-order chi connectivity index (χ1) is 6.93. The maximum atomic E-state index is 5.50. The molecule has 0 amide bonds. The quantitative estimate of drug-likeness (QED) is 0.493. The largest absolute Gasteiger partial charge is 0.381 e. The normalized spacial score (nSPS) is 14.3. The van der Waals surface area contributed by atoms with Gasteiger partial charge in [0, 0.05) is 26.0 Å². The highest BCUT2D eigenvalue weighted by molar-refractivity contribution is 14.0. The van der Waals surface area contributed by atoms with Crippen LogP contribution >= 0.6 is 35.7 Å². The van der Waals surface area contributed by atoms with Crippen molar-refractivity contribution >= 4 is 35.7 Å². The molecule has 1 heterocycles. The van der Waals surface area contributed by atoms with Crippen LogP contribution in [0.1, 0.15) is 32.6 Å². The average molecular weight is 343 g/mol. The van der Waals surface area contributed by atoms with Crippen LogP contribution in [0, 0.1) is 0 Å². The van der Waals surface area contributed by atoms with Crippen LogP contribution in [0.3, 0.4) is 0 Å². The van der Waals surface area contributed by atoms with Gasteiger partial charge >= 0.3 is 0 Å². The molecule has 15 heavy (non-hydrogen) atoms. The van der Waals surface area contributed by atoms with E-state index in [0.717, 1.165) is 19.1 Å². The second-order valence-electron chi connectivity index (χ2n) is 3.57. The number of hydrogen-bond donors (Lipinski definition) is 0. The molecule has 1 aliphatic rings. The maximum absolute atomic E-state index is 5.50. The van der Waals surface area contributed by atoms with Gasteiger partial charge in [-0.25, -0.2) is 0 Å². The summed E-state index contributed by atoms with van der Waals surface area (Å²) in [6.07, 6.45) is 7.06. The minimum absolute atomic E-state index is 0. The van der Waals surface area contributed by atoms with Crippen molar-refractivity contribution in [2.45, 2.75) is 32.6 Å². The first-order valence-electron chi connectivity index (χ1n) is 5.53. The Labute approximate surface area is 115 Å². The summed E-state index contributed by atoms with van der Waals surface area (Å²) in [6, 6.07) is 0. The lowest BCUT2D eigenvalue weighted by Gasteiger charge is -2.13. The van der Waals surface area contributed by atoms with Gasteiger partial charge in [0.2, 0.25) is 0 Å². The molecule has 0 N–H and O–H groups in total. The van der Waals surface area contributed by atoms with Gasteiger partial charge < -0.3 is 9.64 Å². The summed E-state index contributed by atoms with van der Waals surface area (Å²) in [7, 11) is 0. The summed E-state index contributed by atoms with van der Waals surface area (Å²) >= 11 is 1.87. The lowest BCUT2D eigenvalue weighted by molar-refractivity contribution is 0.126. The van der Waals surface area contributed by atoms with Crippen molar-refractivity contribution < 1.29 is 4.74 Å². The Morgan fingerprint density at radius 1 is 1.27 bits per heavy atom. The van der Waals surface area contributed by atoms with E-state index in [0.29, 0.717) is 0 Å². The minimum Gasteiger partial charge on any atom is -0.381 e. The van der Waals surface area contributed by atoms with E-state index < -0.39 is 0 Å². The average Bonchev–Trinajstić information content (AvgIpc) is 2.69. The van der Waals surface area contributed by atoms with Gasteiger partial charge in [0.15, 0.2) is 0 Å². The molecule has 0 unspecified atom stereocenters. The molecule has 0 aromatic heterocycles. The van der Waals surface area contributed by atoms with Crippen molar-refractivity contribution in [3.05, 3.63) is 11.6 Å². The van der Waals surface area contributed by atoms with Gasteiger partial charge in [-0.05, 0) is 24.7 Å². The number of hydrogen-bond acceptors (Lipinski definition) is 3. The van der Waals surface area contributed by atoms with Crippen molar-refractivity contribution in [3.63, 3.8) is 0 Å². The fourth-order valence-corrected chi connectivity index (χ4v) is 2.07. The first kappa shape index (κ1) is 15.6. The Morgan fingerprint density at radius 3 is 2.73 bits per heavy atom. The molecule has 0 atom stereocenters. The SMILES string of the molecule is CCCCOCCCCN1C=CSC1.I. The van der Waals surface area contributed by atoms with E-state index in [2.05, 4.69) is 23.4 Å². The number of halogens is 1. The maximum Gasteiger partial charge on any atom is 0.0675 e. The summed E-state index contributed by atoms with van der Waals surface area (Å²) < 4.78 is 5.50. The number of unbranched alkanes of at least 4 members (excludes halogenated alkanes) is 2. The van der Waals surface area contributed by atoms with Crippen LogP contribution < -0.4 is 0 Å². The molecule has 0 spiro atoms. The van der Waals surface area contributed by atoms with Crippen LogP contribution in [0.2, 0.25) is 0 Å². The molecule has 1 rings (SSSR count). The Hall–Kier alpha value is 0.580. The van der Waals surface area contributed by atoms with Crippen molar-refractivity contribution in [1.29, 1.82) is 0 Å². The molecule has 0 bridgehead atoms. The fourth-order valence-electron chi connectivity index (χ4n) is 1.32.